The van der Waals surface area contributed by atoms with Crippen LogP contribution in [0.1, 0.15) is 40.5 Å². The van der Waals surface area contributed by atoms with Crippen LogP contribution in [0.4, 0.5) is 4.79 Å². The lowest BCUT2D eigenvalue weighted by Crippen LogP contribution is -2.25. The second-order valence-electron chi connectivity index (χ2n) is 4.82. The zero-order valence-corrected chi connectivity index (χ0v) is 9.45. The number of ether oxygens (including phenoxy) is 2. The molecule has 0 unspecified atom stereocenters. The highest BCUT2D eigenvalue weighted by atomic mass is 16.8. The van der Waals surface area contributed by atoms with Gasteiger partial charge in [0.2, 0.25) is 0 Å². The van der Waals surface area contributed by atoms with Crippen molar-refractivity contribution in [1.29, 1.82) is 0 Å². The van der Waals surface area contributed by atoms with Crippen molar-refractivity contribution >= 4 is 6.16 Å². The van der Waals surface area contributed by atoms with Crippen LogP contribution in [0.2, 0.25) is 0 Å². The number of carbonyl (C=O) groups excluding carboxylic acids is 1. The van der Waals surface area contributed by atoms with Crippen molar-refractivity contribution in [3.8, 4) is 0 Å². The van der Waals surface area contributed by atoms with Gasteiger partial charge in [-0.1, -0.05) is 27.7 Å². The van der Waals surface area contributed by atoms with Gasteiger partial charge in [0.05, 0.1) is 0 Å². The Morgan fingerprint density at radius 2 is 1.36 bits per heavy atom. The third kappa shape index (κ3) is 3.20. The molecule has 1 aliphatic rings. The molecule has 0 aromatic rings. The van der Waals surface area contributed by atoms with E-state index in [2.05, 4.69) is 27.7 Å². The molecule has 2 atom stereocenters. The van der Waals surface area contributed by atoms with Gasteiger partial charge in [0.25, 0.3) is 0 Å². The predicted molar refractivity (Wildman–Crippen MR) is 54.1 cm³/mol. The summed E-state index contributed by atoms with van der Waals surface area (Å²) in [5.41, 5.74) is 0. The van der Waals surface area contributed by atoms with Gasteiger partial charge in [-0.25, -0.2) is 4.79 Å². The average Bonchev–Trinajstić information content (AvgIpc) is 2.28. The minimum Gasteiger partial charge on any atom is -0.427 e. The summed E-state index contributed by atoms with van der Waals surface area (Å²) in [5.74, 6) is 1.06. The molecule has 3 heteroatoms. The Balaban J connectivity index is 2.49. The Bertz CT molecular complexity index is 179. The molecule has 0 radical (unpaired) electrons. The fourth-order valence-electron chi connectivity index (χ4n) is 1.76. The van der Waals surface area contributed by atoms with E-state index in [1.165, 1.54) is 0 Å². The van der Waals surface area contributed by atoms with Gasteiger partial charge >= 0.3 is 6.16 Å². The van der Waals surface area contributed by atoms with E-state index in [4.69, 9.17) is 9.47 Å². The van der Waals surface area contributed by atoms with Gasteiger partial charge in [0.1, 0.15) is 12.2 Å². The van der Waals surface area contributed by atoms with Crippen LogP contribution in [0.15, 0.2) is 0 Å². The zero-order valence-electron chi connectivity index (χ0n) is 9.45. The third-order valence-corrected chi connectivity index (χ3v) is 2.32. The molecular weight excluding hydrogens is 180 g/mol. The summed E-state index contributed by atoms with van der Waals surface area (Å²) in [5, 5.41) is 0. The van der Waals surface area contributed by atoms with E-state index in [0.29, 0.717) is 11.8 Å². The molecule has 3 nitrogen and oxygen atoms in total. The van der Waals surface area contributed by atoms with E-state index in [1.54, 1.807) is 0 Å². The van der Waals surface area contributed by atoms with Crippen LogP contribution < -0.4 is 0 Å². The Labute approximate surface area is 85.8 Å². The molecule has 82 valence electrons. The number of rotatable bonds is 4. The Kier molecular flexibility index (Phi) is 3.78. The lowest BCUT2D eigenvalue weighted by atomic mass is 9.96. The second kappa shape index (κ2) is 4.67. The molecule has 0 aliphatic carbocycles. The van der Waals surface area contributed by atoms with Gasteiger partial charge in [-0.3, -0.25) is 0 Å². The summed E-state index contributed by atoms with van der Waals surface area (Å²) >= 11 is 0. The maximum Gasteiger partial charge on any atom is 0.509 e. The average molecular weight is 200 g/mol. The quantitative estimate of drug-likeness (QED) is 0.654. The maximum atomic E-state index is 11.0. The molecule has 0 aromatic carbocycles. The number of hydrogen-bond acceptors (Lipinski definition) is 3. The van der Waals surface area contributed by atoms with E-state index in [9.17, 15) is 4.79 Å². The van der Waals surface area contributed by atoms with Crippen molar-refractivity contribution in [2.75, 3.05) is 0 Å². The first-order valence-corrected chi connectivity index (χ1v) is 5.36. The van der Waals surface area contributed by atoms with Crippen molar-refractivity contribution in [3.63, 3.8) is 0 Å². The first-order chi connectivity index (χ1) is 6.49. The smallest absolute Gasteiger partial charge is 0.427 e. The van der Waals surface area contributed by atoms with Gasteiger partial charge in [0, 0.05) is 0 Å². The SMILES string of the molecule is CC(C)C[C@@H]1OC(=O)O[C@H]1CC(C)C. The highest BCUT2D eigenvalue weighted by Gasteiger charge is 2.36. The molecule has 1 aliphatic heterocycles. The highest BCUT2D eigenvalue weighted by Crippen LogP contribution is 2.26. The summed E-state index contributed by atoms with van der Waals surface area (Å²) in [6, 6.07) is 0. The number of carbonyl (C=O) groups is 1. The molecule has 1 fully saturated rings. The molecule has 0 aromatic heterocycles. The van der Waals surface area contributed by atoms with Crippen molar-refractivity contribution < 1.29 is 14.3 Å². The molecule has 0 spiro atoms. The molecule has 0 amide bonds. The largest absolute Gasteiger partial charge is 0.509 e. The van der Waals surface area contributed by atoms with Gasteiger partial charge in [-0.15, -0.1) is 0 Å². The summed E-state index contributed by atoms with van der Waals surface area (Å²) < 4.78 is 10.2. The summed E-state index contributed by atoms with van der Waals surface area (Å²) in [6.45, 7) is 8.49. The normalized spacial score (nSPS) is 26.9. The molecular formula is C11H20O3. The van der Waals surface area contributed by atoms with Crippen LogP contribution in [0, 0.1) is 11.8 Å². The molecule has 1 saturated heterocycles. The zero-order chi connectivity index (χ0) is 10.7. The highest BCUT2D eigenvalue weighted by molar-refractivity contribution is 5.62. The lowest BCUT2D eigenvalue weighted by Gasteiger charge is -2.18. The van der Waals surface area contributed by atoms with Crippen LogP contribution in [0.5, 0.6) is 0 Å². The van der Waals surface area contributed by atoms with Crippen molar-refractivity contribution in [2.24, 2.45) is 11.8 Å². The van der Waals surface area contributed by atoms with Crippen LogP contribution in [0.25, 0.3) is 0 Å². The topological polar surface area (TPSA) is 35.5 Å². The second-order valence-corrected chi connectivity index (χ2v) is 4.82. The van der Waals surface area contributed by atoms with Gasteiger partial charge in [-0.05, 0) is 24.7 Å². The van der Waals surface area contributed by atoms with E-state index < -0.39 is 6.16 Å². The fraction of sp³-hybridized carbons (Fsp3) is 0.909. The maximum absolute atomic E-state index is 11.0. The van der Waals surface area contributed by atoms with Crippen molar-refractivity contribution in [1.82, 2.24) is 0 Å². The molecule has 1 rings (SSSR count). The Morgan fingerprint density at radius 1 is 1.00 bits per heavy atom. The van der Waals surface area contributed by atoms with E-state index in [1.807, 2.05) is 0 Å². The lowest BCUT2D eigenvalue weighted by molar-refractivity contribution is 0.112. The van der Waals surface area contributed by atoms with Crippen molar-refractivity contribution in [2.45, 2.75) is 52.7 Å². The van der Waals surface area contributed by atoms with Crippen LogP contribution in [-0.2, 0) is 9.47 Å². The standard InChI is InChI=1S/C11H20O3/c1-7(2)5-9-10(6-8(3)4)14-11(12)13-9/h7-10H,5-6H2,1-4H3/t9-,10-/m0/s1. The summed E-state index contributed by atoms with van der Waals surface area (Å²) in [4.78, 5) is 11.0. The first-order valence-electron chi connectivity index (χ1n) is 5.36. The van der Waals surface area contributed by atoms with E-state index >= 15 is 0 Å². The van der Waals surface area contributed by atoms with Crippen LogP contribution in [-0.4, -0.2) is 18.4 Å². The van der Waals surface area contributed by atoms with Crippen LogP contribution >= 0.6 is 0 Å². The van der Waals surface area contributed by atoms with Crippen molar-refractivity contribution in [3.05, 3.63) is 0 Å². The molecule has 0 N–H and O–H groups in total. The third-order valence-electron chi connectivity index (χ3n) is 2.32. The van der Waals surface area contributed by atoms with E-state index in [-0.39, 0.29) is 12.2 Å². The monoisotopic (exact) mass is 200 g/mol. The van der Waals surface area contributed by atoms with Gasteiger partial charge in [-0.2, -0.15) is 0 Å². The molecule has 14 heavy (non-hydrogen) atoms. The first kappa shape index (κ1) is 11.3. The number of cyclic esters (lactones) is 2. The Morgan fingerprint density at radius 3 is 1.64 bits per heavy atom. The van der Waals surface area contributed by atoms with Gasteiger partial charge in [0.15, 0.2) is 0 Å². The predicted octanol–water partition coefficient (Wildman–Crippen LogP) is 2.98. The van der Waals surface area contributed by atoms with E-state index in [0.717, 1.165) is 12.8 Å². The molecule has 0 saturated carbocycles. The fourth-order valence-corrected chi connectivity index (χ4v) is 1.76. The summed E-state index contributed by atoms with van der Waals surface area (Å²) in [6.07, 6.45) is 1.21. The minimum atomic E-state index is -0.499. The number of hydrogen-bond donors (Lipinski definition) is 0. The minimum absolute atomic E-state index is 0.0371. The molecule has 1 heterocycles. The van der Waals surface area contributed by atoms with Gasteiger partial charge < -0.3 is 9.47 Å². The molecule has 0 bridgehead atoms. The van der Waals surface area contributed by atoms with Crippen LogP contribution in [0.3, 0.4) is 0 Å². The Hall–Kier alpha value is -0.730. The summed E-state index contributed by atoms with van der Waals surface area (Å²) in [7, 11) is 0.